The van der Waals surface area contributed by atoms with Crippen molar-refractivity contribution in [2.45, 2.75) is 406 Å². The first-order chi connectivity index (χ1) is 40.5. The molecule has 0 amide bonds. The summed E-state index contributed by atoms with van der Waals surface area (Å²) in [6, 6.07) is 0. The van der Waals surface area contributed by atoms with Crippen LogP contribution in [-0.2, 0) is 28.6 Å². The van der Waals surface area contributed by atoms with Crippen LogP contribution >= 0.6 is 0 Å². The van der Waals surface area contributed by atoms with E-state index < -0.39 is 6.10 Å². The highest BCUT2D eigenvalue weighted by Crippen LogP contribution is 2.19. The Kier molecular flexibility index (Phi) is 68.6. The largest absolute Gasteiger partial charge is 0.462 e. The summed E-state index contributed by atoms with van der Waals surface area (Å²) < 4.78 is 17.0. The lowest BCUT2D eigenvalue weighted by atomic mass is 10.0. The average Bonchev–Trinajstić information content (AvgIpc) is 3.47. The second-order valence-electron chi connectivity index (χ2n) is 24.8. The van der Waals surface area contributed by atoms with Gasteiger partial charge in [-0.25, -0.2) is 0 Å². The van der Waals surface area contributed by atoms with Crippen molar-refractivity contribution < 1.29 is 28.6 Å². The smallest absolute Gasteiger partial charge is 0.306 e. The van der Waals surface area contributed by atoms with Gasteiger partial charge in [0.2, 0.25) is 0 Å². The van der Waals surface area contributed by atoms with E-state index in [1.54, 1.807) is 0 Å². The quantitative estimate of drug-likeness (QED) is 0.0261. The van der Waals surface area contributed by atoms with Gasteiger partial charge in [-0.3, -0.25) is 14.4 Å². The Morgan fingerprint density at radius 2 is 0.476 bits per heavy atom. The first-order valence-corrected chi connectivity index (χ1v) is 36.6. The molecule has 6 heteroatoms. The topological polar surface area (TPSA) is 78.9 Å². The fraction of sp³-hybridized carbons (Fsp3) is 0.855. The predicted molar refractivity (Wildman–Crippen MR) is 358 cm³/mol. The molecule has 0 radical (unpaired) electrons. The summed E-state index contributed by atoms with van der Waals surface area (Å²) in [7, 11) is 0. The van der Waals surface area contributed by atoms with E-state index in [2.05, 4.69) is 69.4 Å². The molecule has 0 aromatic heterocycles. The van der Waals surface area contributed by atoms with Crippen LogP contribution in [0.3, 0.4) is 0 Å². The van der Waals surface area contributed by atoms with Gasteiger partial charge in [0.1, 0.15) is 13.2 Å². The van der Waals surface area contributed by atoms with E-state index in [0.29, 0.717) is 19.3 Å². The Bertz CT molecular complexity index is 1410. The lowest BCUT2D eigenvalue weighted by Gasteiger charge is -2.18. The highest BCUT2D eigenvalue weighted by molar-refractivity contribution is 5.71. The summed E-state index contributed by atoms with van der Waals surface area (Å²) in [6.07, 6.45) is 90.2. The van der Waals surface area contributed by atoms with Crippen LogP contribution in [0.5, 0.6) is 0 Å². The van der Waals surface area contributed by atoms with E-state index in [1.807, 2.05) is 0 Å². The van der Waals surface area contributed by atoms with Crippen molar-refractivity contribution in [3.05, 3.63) is 48.6 Å². The molecule has 0 spiro atoms. The zero-order chi connectivity index (χ0) is 59.2. The van der Waals surface area contributed by atoms with Crippen LogP contribution in [0.1, 0.15) is 400 Å². The zero-order valence-corrected chi connectivity index (χ0v) is 55.3. The number of hydrogen-bond donors (Lipinski definition) is 0. The molecule has 0 heterocycles. The van der Waals surface area contributed by atoms with E-state index in [9.17, 15) is 14.4 Å². The Morgan fingerprint density at radius 1 is 0.256 bits per heavy atom. The molecule has 0 N–H and O–H groups in total. The summed E-state index contributed by atoms with van der Waals surface area (Å²) >= 11 is 0. The first-order valence-electron chi connectivity index (χ1n) is 36.6. The van der Waals surface area contributed by atoms with E-state index in [1.165, 1.54) is 263 Å². The summed E-state index contributed by atoms with van der Waals surface area (Å²) in [5.74, 6) is -0.869. The monoisotopic (exact) mass is 1150 g/mol. The molecule has 0 aromatic carbocycles. The first kappa shape index (κ1) is 79.4. The molecule has 0 aliphatic heterocycles. The fourth-order valence-corrected chi connectivity index (χ4v) is 11.1. The van der Waals surface area contributed by atoms with Crippen molar-refractivity contribution in [1.29, 1.82) is 0 Å². The minimum atomic E-state index is -0.781. The van der Waals surface area contributed by atoms with Crippen molar-refractivity contribution in [2.75, 3.05) is 13.2 Å². The molecular weight excluding hydrogens is 1010 g/mol. The third-order valence-electron chi connectivity index (χ3n) is 16.6. The summed E-state index contributed by atoms with van der Waals surface area (Å²) in [4.78, 5) is 38.5. The SMILES string of the molecule is CC/C=C\C/C=C\C/C=C\CCCCCCCC(=O)OCC(COC(=O)CCCCCCCCCCCCCCCCCCCCCCCCCCCCCCCC)OC(=O)CCCCCCCCCCC/C=C\CCCCCCCC. The van der Waals surface area contributed by atoms with Crippen molar-refractivity contribution >= 4 is 17.9 Å². The summed E-state index contributed by atoms with van der Waals surface area (Å²) in [5, 5.41) is 0. The maximum atomic E-state index is 13.0. The van der Waals surface area contributed by atoms with Crippen molar-refractivity contribution in [3.63, 3.8) is 0 Å². The van der Waals surface area contributed by atoms with Gasteiger partial charge in [0.05, 0.1) is 0 Å². The Balaban J connectivity index is 4.20. The van der Waals surface area contributed by atoms with Gasteiger partial charge < -0.3 is 14.2 Å². The van der Waals surface area contributed by atoms with Gasteiger partial charge >= 0.3 is 17.9 Å². The van der Waals surface area contributed by atoms with Gasteiger partial charge in [-0.05, 0) is 77.0 Å². The normalized spacial score (nSPS) is 12.3. The molecule has 82 heavy (non-hydrogen) atoms. The van der Waals surface area contributed by atoms with E-state index in [0.717, 1.165) is 96.3 Å². The van der Waals surface area contributed by atoms with Crippen LogP contribution < -0.4 is 0 Å². The van der Waals surface area contributed by atoms with Gasteiger partial charge in [-0.1, -0.05) is 352 Å². The molecule has 1 unspecified atom stereocenters. The molecule has 0 saturated carbocycles. The molecule has 6 nitrogen and oxygen atoms in total. The maximum Gasteiger partial charge on any atom is 0.306 e. The van der Waals surface area contributed by atoms with Crippen LogP contribution in [-0.4, -0.2) is 37.2 Å². The highest BCUT2D eigenvalue weighted by Gasteiger charge is 2.19. The third kappa shape index (κ3) is 68.2. The predicted octanol–water partition coefficient (Wildman–Crippen LogP) is 25.3. The molecular formula is C76H140O6. The van der Waals surface area contributed by atoms with Crippen LogP contribution in [0.4, 0.5) is 0 Å². The molecule has 0 bridgehead atoms. The summed E-state index contributed by atoms with van der Waals surface area (Å²) in [6.45, 7) is 6.58. The van der Waals surface area contributed by atoms with Crippen molar-refractivity contribution in [1.82, 2.24) is 0 Å². The molecule has 0 aliphatic carbocycles. The van der Waals surface area contributed by atoms with Crippen molar-refractivity contribution in [3.8, 4) is 0 Å². The molecule has 0 saturated heterocycles. The molecule has 0 aliphatic rings. The zero-order valence-electron chi connectivity index (χ0n) is 55.3. The Morgan fingerprint density at radius 3 is 0.756 bits per heavy atom. The molecule has 0 fully saturated rings. The number of carbonyl (C=O) groups is 3. The Hall–Kier alpha value is -2.63. The number of esters is 3. The van der Waals surface area contributed by atoms with Crippen LogP contribution in [0.2, 0.25) is 0 Å². The van der Waals surface area contributed by atoms with Crippen LogP contribution in [0.25, 0.3) is 0 Å². The molecule has 0 rings (SSSR count). The second-order valence-corrected chi connectivity index (χ2v) is 24.8. The average molecular weight is 1150 g/mol. The van der Waals surface area contributed by atoms with Gasteiger partial charge in [0.25, 0.3) is 0 Å². The third-order valence-corrected chi connectivity index (χ3v) is 16.6. The molecule has 0 aromatic rings. The number of hydrogen-bond acceptors (Lipinski definition) is 6. The Labute approximate surface area is 511 Å². The lowest BCUT2D eigenvalue weighted by molar-refractivity contribution is -0.167. The standard InChI is InChI=1S/C76H140O6/c1-4-7-10-13-16-19-22-25-28-30-32-33-34-35-36-37-38-39-40-41-42-44-45-48-51-54-57-60-63-66-69-75(78)81-72-73(71-80-74(77)68-65-62-59-56-53-50-47-27-24-21-18-15-12-9-6-3)82-76(79)70-67-64-61-58-55-52-49-46-43-31-29-26-23-20-17-14-11-8-5-2/h9,12,18,21,26-27,29,47,73H,4-8,10-11,13-17,19-20,22-25,28,30-46,48-72H2,1-3H3/b12-9-,21-18-,29-26-,47-27-. The minimum absolute atomic E-state index is 0.0754. The van der Waals surface area contributed by atoms with Crippen molar-refractivity contribution in [2.24, 2.45) is 0 Å². The van der Waals surface area contributed by atoms with E-state index in [4.69, 9.17) is 14.2 Å². The van der Waals surface area contributed by atoms with Gasteiger partial charge in [-0.2, -0.15) is 0 Å². The van der Waals surface area contributed by atoms with Gasteiger partial charge in [0.15, 0.2) is 6.10 Å². The van der Waals surface area contributed by atoms with Gasteiger partial charge in [0, 0.05) is 19.3 Å². The fourth-order valence-electron chi connectivity index (χ4n) is 11.1. The lowest BCUT2D eigenvalue weighted by Crippen LogP contribution is -2.30. The minimum Gasteiger partial charge on any atom is -0.462 e. The number of ether oxygens (including phenoxy) is 3. The number of carbonyl (C=O) groups excluding carboxylic acids is 3. The number of allylic oxidation sites excluding steroid dienone is 8. The van der Waals surface area contributed by atoms with Crippen LogP contribution in [0, 0.1) is 0 Å². The summed E-state index contributed by atoms with van der Waals surface area (Å²) in [5.41, 5.74) is 0. The molecule has 480 valence electrons. The molecule has 1 atom stereocenters. The highest BCUT2D eigenvalue weighted by atomic mass is 16.6. The maximum absolute atomic E-state index is 13.0. The number of unbranched alkanes of at least 4 members (excludes halogenated alkanes) is 49. The van der Waals surface area contributed by atoms with Gasteiger partial charge in [-0.15, -0.1) is 0 Å². The number of rotatable bonds is 68. The second kappa shape index (κ2) is 70.9. The van der Waals surface area contributed by atoms with Crippen LogP contribution in [0.15, 0.2) is 48.6 Å². The van der Waals surface area contributed by atoms with E-state index in [-0.39, 0.29) is 31.1 Å². The van der Waals surface area contributed by atoms with E-state index >= 15 is 0 Å².